The number of fused-ring (bicyclic) bond motifs is 4. The number of benzene rings is 3. The lowest BCUT2D eigenvalue weighted by Crippen LogP contribution is -2.32. The molecule has 1 aliphatic rings. The highest BCUT2D eigenvalue weighted by atomic mass is 32.3. The summed E-state index contributed by atoms with van der Waals surface area (Å²) in [5.41, 5.74) is 1.01. The SMILES string of the molecule is CN1CCC(n2c3cc(-c4cccc(OS(=O)(=O)F)c4)c(OC(F)(F)F)cc3c(=O)c3c4ccc(C#N)cc4[nH]c32)CC1. The maximum atomic E-state index is 14.0. The fourth-order valence-electron chi connectivity index (χ4n) is 5.77. The first-order chi connectivity index (χ1) is 20.3. The Morgan fingerprint density at radius 3 is 2.47 bits per heavy atom. The van der Waals surface area contributed by atoms with Gasteiger partial charge >= 0.3 is 16.9 Å². The fraction of sp³-hybridized carbons (Fsp3) is 0.241. The van der Waals surface area contributed by atoms with Crippen LogP contribution in [-0.4, -0.2) is 49.4 Å². The van der Waals surface area contributed by atoms with Crippen LogP contribution in [0.5, 0.6) is 11.5 Å². The van der Waals surface area contributed by atoms with Crippen molar-refractivity contribution < 1.29 is 34.4 Å². The van der Waals surface area contributed by atoms with Gasteiger partial charge in [0.1, 0.15) is 17.1 Å². The van der Waals surface area contributed by atoms with Crippen LogP contribution in [0.2, 0.25) is 0 Å². The third-order valence-electron chi connectivity index (χ3n) is 7.60. The van der Waals surface area contributed by atoms with E-state index in [1.54, 1.807) is 18.2 Å². The van der Waals surface area contributed by atoms with E-state index in [1.165, 1.54) is 18.2 Å². The molecule has 3 heterocycles. The van der Waals surface area contributed by atoms with E-state index in [-0.39, 0.29) is 27.9 Å². The molecule has 0 saturated carbocycles. The van der Waals surface area contributed by atoms with Crippen molar-refractivity contribution in [2.24, 2.45) is 0 Å². The predicted molar refractivity (Wildman–Crippen MR) is 151 cm³/mol. The number of H-pyrrole nitrogens is 1. The molecule has 1 aliphatic heterocycles. The number of nitrogens with one attached hydrogen (secondary N) is 1. The maximum Gasteiger partial charge on any atom is 0.573 e. The summed E-state index contributed by atoms with van der Waals surface area (Å²) in [6.07, 6.45) is -3.78. The van der Waals surface area contributed by atoms with Crippen LogP contribution in [-0.2, 0) is 10.5 Å². The minimum absolute atomic E-state index is 0.0279. The van der Waals surface area contributed by atoms with Crippen LogP contribution in [0.4, 0.5) is 17.1 Å². The van der Waals surface area contributed by atoms with Gasteiger partial charge in [-0.15, -0.1) is 13.2 Å². The Bertz CT molecular complexity index is 2130. The lowest BCUT2D eigenvalue weighted by molar-refractivity contribution is -0.274. The van der Waals surface area contributed by atoms with Crippen molar-refractivity contribution in [3.8, 4) is 28.7 Å². The Kier molecular flexibility index (Phi) is 6.82. The van der Waals surface area contributed by atoms with Crippen molar-refractivity contribution in [1.82, 2.24) is 14.5 Å². The van der Waals surface area contributed by atoms with Crippen molar-refractivity contribution in [2.75, 3.05) is 20.1 Å². The number of alkyl halides is 3. The van der Waals surface area contributed by atoms with Crippen molar-refractivity contribution in [3.05, 3.63) is 70.4 Å². The van der Waals surface area contributed by atoms with Gasteiger partial charge in [-0.2, -0.15) is 13.7 Å². The van der Waals surface area contributed by atoms with Crippen LogP contribution in [0.3, 0.4) is 0 Å². The minimum atomic E-state index is -5.41. The highest BCUT2D eigenvalue weighted by Gasteiger charge is 2.33. The average molecular weight is 615 g/mol. The molecule has 222 valence electrons. The summed E-state index contributed by atoms with van der Waals surface area (Å²) in [5, 5.41) is 10.2. The quantitative estimate of drug-likeness (QED) is 0.193. The number of rotatable bonds is 5. The number of aromatic amines is 1. The van der Waals surface area contributed by atoms with E-state index in [1.807, 2.05) is 11.6 Å². The number of pyridine rings is 1. The number of hydrogen-bond acceptors (Lipinski definition) is 7. The highest BCUT2D eigenvalue weighted by molar-refractivity contribution is 7.81. The molecule has 3 aromatic carbocycles. The van der Waals surface area contributed by atoms with Crippen molar-refractivity contribution in [1.29, 1.82) is 5.26 Å². The van der Waals surface area contributed by atoms with Crippen LogP contribution in [0, 0.1) is 11.3 Å². The summed E-state index contributed by atoms with van der Waals surface area (Å²) in [6.45, 7) is 1.47. The third kappa shape index (κ3) is 5.49. The lowest BCUT2D eigenvalue weighted by Gasteiger charge is -2.32. The molecule has 14 heteroatoms. The molecule has 1 saturated heterocycles. The van der Waals surface area contributed by atoms with E-state index in [0.717, 1.165) is 31.3 Å². The van der Waals surface area contributed by atoms with Gasteiger partial charge in [-0.1, -0.05) is 22.1 Å². The summed E-state index contributed by atoms with van der Waals surface area (Å²) in [7, 11) is -3.43. The molecule has 0 amide bonds. The van der Waals surface area contributed by atoms with Gasteiger partial charge in [0.2, 0.25) is 0 Å². The molecule has 1 N–H and O–H groups in total. The molecule has 5 aromatic rings. The van der Waals surface area contributed by atoms with E-state index >= 15 is 0 Å². The second kappa shape index (κ2) is 10.3. The Balaban J connectivity index is 1.71. The smallest absolute Gasteiger partial charge is 0.405 e. The Morgan fingerprint density at radius 1 is 1.05 bits per heavy atom. The first-order valence-corrected chi connectivity index (χ1v) is 14.4. The molecule has 0 radical (unpaired) electrons. The first kappa shape index (κ1) is 28.5. The number of aromatic nitrogens is 2. The van der Waals surface area contributed by atoms with E-state index in [9.17, 15) is 35.5 Å². The molecular formula is C29H22F4N4O5S. The number of piperidine rings is 1. The predicted octanol–water partition coefficient (Wildman–Crippen LogP) is 5.93. The fourth-order valence-corrected chi connectivity index (χ4v) is 6.10. The van der Waals surface area contributed by atoms with Gasteiger partial charge in [0.05, 0.1) is 27.9 Å². The molecule has 0 aliphatic carbocycles. The van der Waals surface area contributed by atoms with Gasteiger partial charge in [-0.25, -0.2) is 0 Å². The number of ether oxygens (including phenoxy) is 1. The van der Waals surface area contributed by atoms with Crippen LogP contribution >= 0.6 is 0 Å². The molecule has 1 fully saturated rings. The largest absolute Gasteiger partial charge is 0.573 e. The Hall–Kier alpha value is -4.61. The van der Waals surface area contributed by atoms with E-state index in [2.05, 4.69) is 24.9 Å². The highest BCUT2D eigenvalue weighted by Crippen LogP contribution is 2.41. The molecule has 2 aromatic heterocycles. The van der Waals surface area contributed by atoms with Gasteiger partial charge in [-0.05, 0) is 74.9 Å². The lowest BCUT2D eigenvalue weighted by atomic mass is 9.98. The molecule has 9 nitrogen and oxygen atoms in total. The molecule has 6 rings (SSSR count). The Morgan fingerprint density at radius 2 is 1.79 bits per heavy atom. The number of nitriles is 1. The number of nitrogens with zero attached hydrogens (tertiary/aromatic N) is 3. The van der Waals surface area contributed by atoms with Crippen LogP contribution < -0.4 is 14.3 Å². The normalized spacial score (nSPS) is 15.3. The van der Waals surface area contributed by atoms with Crippen molar-refractivity contribution >= 4 is 43.3 Å². The van der Waals surface area contributed by atoms with Crippen LogP contribution in [0.25, 0.3) is 44.0 Å². The molecule has 0 spiro atoms. The van der Waals surface area contributed by atoms with Crippen LogP contribution in [0.1, 0.15) is 24.4 Å². The average Bonchev–Trinajstić information content (AvgIpc) is 3.31. The monoisotopic (exact) mass is 614 g/mol. The standard InChI is InChI=1S/C29H22F4N4O5S/c1-36-9-7-18(8-10-36)37-24-13-21(17-3-2-4-19(12-17)42-43(33,39)40)25(41-29(30,31)32)14-22(24)27(38)26-20-6-5-16(15-34)11-23(20)35-28(26)37/h2-6,11-14,18,35H,7-10H2,1H3. The van der Waals surface area contributed by atoms with Gasteiger partial charge < -0.3 is 23.4 Å². The molecule has 0 bridgehead atoms. The second-order valence-corrected chi connectivity index (χ2v) is 11.3. The zero-order chi connectivity index (χ0) is 30.7. The number of likely N-dealkylation sites (tertiary alicyclic amines) is 1. The zero-order valence-electron chi connectivity index (χ0n) is 22.4. The van der Waals surface area contributed by atoms with E-state index < -0.39 is 33.8 Å². The molecule has 43 heavy (non-hydrogen) atoms. The first-order valence-electron chi connectivity index (χ1n) is 13.1. The second-order valence-electron chi connectivity index (χ2n) is 10.4. The summed E-state index contributed by atoms with van der Waals surface area (Å²) in [4.78, 5) is 19.4. The van der Waals surface area contributed by atoms with Gasteiger partial charge in [0.15, 0.2) is 5.43 Å². The molecule has 0 unspecified atom stereocenters. The van der Waals surface area contributed by atoms with Gasteiger partial charge in [0.25, 0.3) is 0 Å². The van der Waals surface area contributed by atoms with E-state index in [0.29, 0.717) is 40.5 Å². The maximum absolute atomic E-state index is 14.0. The Labute approximate surface area is 241 Å². The van der Waals surface area contributed by atoms with Crippen molar-refractivity contribution in [3.63, 3.8) is 0 Å². The van der Waals surface area contributed by atoms with Crippen LogP contribution in [0.15, 0.2) is 59.4 Å². The number of halogens is 4. The van der Waals surface area contributed by atoms with Gasteiger partial charge in [-0.3, -0.25) is 4.79 Å². The zero-order valence-corrected chi connectivity index (χ0v) is 23.2. The summed E-state index contributed by atoms with van der Waals surface area (Å²) in [5.74, 6) is -1.18. The van der Waals surface area contributed by atoms with E-state index in [4.69, 9.17) is 0 Å². The van der Waals surface area contributed by atoms with Gasteiger partial charge in [0, 0.05) is 22.5 Å². The molecule has 0 atom stereocenters. The summed E-state index contributed by atoms with van der Waals surface area (Å²) >= 11 is 0. The summed E-state index contributed by atoms with van der Waals surface area (Å²) in [6, 6.07) is 14.0. The third-order valence-corrected chi connectivity index (χ3v) is 7.99. The minimum Gasteiger partial charge on any atom is -0.405 e. The molecular weight excluding hydrogens is 592 g/mol. The summed E-state index contributed by atoms with van der Waals surface area (Å²) < 4.78 is 86.9. The topological polar surface area (TPSA) is 117 Å². The number of hydrogen-bond donors (Lipinski definition) is 1. The van der Waals surface area contributed by atoms with Crippen molar-refractivity contribution in [2.45, 2.75) is 25.2 Å².